The summed E-state index contributed by atoms with van der Waals surface area (Å²) in [6, 6.07) is 17.9. The summed E-state index contributed by atoms with van der Waals surface area (Å²) in [7, 11) is 0. The number of thioether (sulfide) groups is 1. The summed E-state index contributed by atoms with van der Waals surface area (Å²) >= 11 is 1.89. The molecule has 0 fully saturated rings. The van der Waals surface area contributed by atoms with Crippen LogP contribution in [0.2, 0.25) is 0 Å². The first-order valence-electron chi connectivity index (χ1n) is 11.1. The van der Waals surface area contributed by atoms with E-state index in [2.05, 4.69) is 20.8 Å². The quantitative estimate of drug-likeness (QED) is 0.192. The van der Waals surface area contributed by atoms with Crippen molar-refractivity contribution in [2.45, 2.75) is 59.3 Å². The van der Waals surface area contributed by atoms with E-state index in [1.165, 1.54) is 38.5 Å². The zero-order valence-corrected chi connectivity index (χ0v) is 19.0. The van der Waals surface area contributed by atoms with Crippen molar-refractivity contribution in [1.29, 1.82) is 0 Å². The molecule has 1 atom stereocenters. The summed E-state index contributed by atoms with van der Waals surface area (Å²) in [6.45, 7) is 6.47. The number of carbonyl (C=O) groups is 1. The smallest absolute Gasteiger partial charge is 0.315 e. The summed E-state index contributed by atoms with van der Waals surface area (Å²) in [6.07, 6.45) is 7.86. The van der Waals surface area contributed by atoms with Crippen LogP contribution < -0.4 is 4.74 Å². The molecule has 3 heteroatoms. The van der Waals surface area contributed by atoms with Crippen LogP contribution in [0.15, 0.2) is 54.6 Å². The Kier molecular flexibility index (Phi) is 10.9. The summed E-state index contributed by atoms with van der Waals surface area (Å²) < 4.78 is 5.89. The molecular formula is C26H36O2S. The van der Waals surface area contributed by atoms with Gasteiger partial charge in [0.2, 0.25) is 0 Å². The van der Waals surface area contributed by atoms with Gasteiger partial charge in [-0.05, 0) is 29.7 Å². The molecule has 0 saturated carbocycles. The Balaban J connectivity index is 1.89. The van der Waals surface area contributed by atoms with Crippen LogP contribution in [0, 0.1) is 11.8 Å². The highest BCUT2D eigenvalue weighted by Gasteiger charge is 2.25. The van der Waals surface area contributed by atoms with Crippen LogP contribution in [0.1, 0.15) is 59.3 Å². The lowest BCUT2D eigenvalue weighted by molar-refractivity contribution is -0.139. The summed E-state index contributed by atoms with van der Waals surface area (Å²) in [5.41, 5.74) is 2.03. The molecule has 158 valence electrons. The minimum Gasteiger partial charge on any atom is -0.426 e. The second-order valence-corrected chi connectivity index (χ2v) is 9.13. The largest absolute Gasteiger partial charge is 0.426 e. The van der Waals surface area contributed by atoms with Crippen molar-refractivity contribution in [3.63, 3.8) is 0 Å². The van der Waals surface area contributed by atoms with E-state index in [1.807, 2.05) is 66.4 Å². The van der Waals surface area contributed by atoms with Gasteiger partial charge in [0.15, 0.2) is 0 Å². The molecule has 2 aromatic carbocycles. The van der Waals surface area contributed by atoms with Crippen LogP contribution in [-0.2, 0) is 4.79 Å². The fourth-order valence-electron chi connectivity index (χ4n) is 3.32. The van der Waals surface area contributed by atoms with E-state index in [0.29, 0.717) is 5.75 Å². The minimum absolute atomic E-state index is 0.0797. The molecule has 2 nitrogen and oxygen atoms in total. The zero-order chi connectivity index (χ0) is 20.9. The van der Waals surface area contributed by atoms with E-state index >= 15 is 0 Å². The number of rotatable bonds is 13. The first-order chi connectivity index (χ1) is 14.1. The standard InChI is InChI=1S/C26H36O2S/c1-4-5-6-7-8-14-19-29-20-24(21(2)3)26(27)28-25-18-13-12-17-23(25)22-15-10-9-11-16-22/h9-13,15-18,21,24H,4-8,14,19-20H2,1-3H3. The van der Waals surface area contributed by atoms with Crippen LogP contribution in [0.4, 0.5) is 0 Å². The summed E-state index contributed by atoms with van der Waals surface area (Å²) in [4.78, 5) is 12.9. The van der Waals surface area contributed by atoms with Gasteiger partial charge < -0.3 is 4.74 Å². The van der Waals surface area contributed by atoms with Crippen molar-refractivity contribution >= 4 is 17.7 Å². The van der Waals surface area contributed by atoms with E-state index in [0.717, 1.165) is 22.6 Å². The van der Waals surface area contributed by atoms with E-state index in [-0.39, 0.29) is 17.8 Å². The van der Waals surface area contributed by atoms with Gasteiger partial charge in [-0.25, -0.2) is 0 Å². The molecule has 0 aromatic heterocycles. The number of hydrogen-bond acceptors (Lipinski definition) is 3. The first-order valence-corrected chi connectivity index (χ1v) is 12.2. The monoisotopic (exact) mass is 412 g/mol. The second-order valence-electron chi connectivity index (χ2n) is 7.98. The molecule has 0 amide bonds. The highest BCUT2D eigenvalue weighted by atomic mass is 32.2. The van der Waals surface area contributed by atoms with Gasteiger partial charge in [0.05, 0.1) is 5.92 Å². The minimum atomic E-state index is -0.112. The van der Waals surface area contributed by atoms with Crippen LogP contribution >= 0.6 is 11.8 Å². The van der Waals surface area contributed by atoms with Crippen molar-refractivity contribution in [2.75, 3.05) is 11.5 Å². The molecule has 0 radical (unpaired) electrons. The third-order valence-corrected chi connectivity index (χ3v) is 6.40. The van der Waals surface area contributed by atoms with Crippen molar-refractivity contribution in [2.24, 2.45) is 11.8 Å². The number of esters is 1. The van der Waals surface area contributed by atoms with Gasteiger partial charge in [-0.2, -0.15) is 11.8 Å². The Hall–Kier alpha value is -1.74. The third-order valence-electron chi connectivity index (χ3n) is 5.23. The van der Waals surface area contributed by atoms with Crippen molar-refractivity contribution in [3.8, 4) is 16.9 Å². The van der Waals surface area contributed by atoms with Crippen LogP contribution in [0.25, 0.3) is 11.1 Å². The fourth-order valence-corrected chi connectivity index (χ4v) is 4.67. The molecule has 0 N–H and O–H groups in total. The molecule has 1 unspecified atom stereocenters. The number of benzene rings is 2. The molecule has 0 saturated heterocycles. The zero-order valence-electron chi connectivity index (χ0n) is 18.2. The van der Waals surface area contributed by atoms with E-state index in [9.17, 15) is 4.79 Å². The van der Waals surface area contributed by atoms with E-state index in [4.69, 9.17) is 4.74 Å². The summed E-state index contributed by atoms with van der Waals surface area (Å²) in [5.74, 6) is 2.68. The lowest BCUT2D eigenvalue weighted by Crippen LogP contribution is -2.27. The molecule has 2 aromatic rings. The Morgan fingerprint density at radius 1 is 0.897 bits per heavy atom. The predicted octanol–water partition coefficient (Wildman–Crippen LogP) is 7.62. The molecular weight excluding hydrogens is 376 g/mol. The average molecular weight is 413 g/mol. The van der Waals surface area contributed by atoms with Gasteiger partial charge >= 0.3 is 5.97 Å². The van der Waals surface area contributed by atoms with Crippen molar-refractivity contribution in [1.82, 2.24) is 0 Å². The molecule has 0 aliphatic carbocycles. The Bertz CT molecular complexity index is 712. The number of unbranched alkanes of at least 4 members (excludes halogenated alkanes) is 5. The van der Waals surface area contributed by atoms with E-state index in [1.54, 1.807) is 0 Å². The van der Waals surface area contributed by atoms with E-state index < -0.39 is 0 Å². The molecule has 0 aliphatic rings. The van der Waals surface area contributed by atoms with Crippen LogP contribution in [-0.4, -0.2) is 17.5 Å². The van der Waals surface area contributed by atoms with Crippen LogP contribution in [0.5, 0.6) is 5.75 Å². The maximum atomic E-state index is 12.9. The molecule has 2 rings (SSSR count). The average Bonchev–Trinajstić information content (AvgIpc) is 2.73. The SMILES string of the molecule is CCCCCCCCSCC(C(=O)Oc1ccccc1-c1ccccc1)C(C)C. The molecule has 0 aliphatic heterocycles. The highest BCUT2D eigenvalue weighted by Crippen LogP contribution is 2.31. The molecule has 0 heterocycles. The highest BCUT2D eigenvalue weighted by molar-refractivity contribution is 7.99. The number of carbonyl (C=O) groups excluding carboxylic acids is 1. The maximum absolute atomic E-state index is 12.9. The van der Waals surface area contributed by atoms with Gasteiger partial charge in [0.25, 0.3) is 0 Å². The fraction of sp³-hybridized carbons (Fsp3) is 0.500. The third kappa shape index (κ3) is 8.26. The van der Waals surface area contributed by atoms with Gasteiger partial charge in [-0.3, -0.25) is 4.79 Å². The topological polar surface area (TPSA) is 26.3 Å². The Morgan fingerprint density at radius 2 is 1.55 bits per heavy atom. The predicted molar refractivity (Wildman–Crippen MR) is 127 cm³/mol. The number of para-hydroxylation sites is 1. The number of hydrogen-bond donors (Lipinski definition) is 0. The lowest BCUT2D eigenvalue weighted by atomic mass is 9.98. The van der Waals surface area contributed by atoms with Crippen molar-refractivity contribution in [3.05, 3.63) is 54.6 Å². The first kappa shape index (κ1) is 23.5. The normalized spacial score (nSPS) is 12.1. The summed E-state index contributed by atoms with van der Waals surface area (Å²) in [5, 5.41) is 0. The van der Waals surface area contributed by atoms with Crippen molar-refractivity contribution < 1.29 is 9.53 Å². The maximum Gasteiger partial charge on any atom is 0.315 e. The Labute approximate surface area is 181 Å². The van der Waals surface area contributed by atoms with Crippen LogP contribution in [0.3, 0.4) is 0 Å². The molecule has 0 spiro atoms. The van der Waals surface area contributed by atoms with Gasteiger partial charge in [0, 0.05) is 11.3 Å². The molecule has 0 bridgehead atoms. The van der Waals surface area contributed by atoms with Gasteiger partial charge in [-0.15, -0.1) is 0 Å². The van der Waals surface area contributed by atoms with Gasteiger partial charge in [0.1, 0.15) is 5.75 Å². The Morgan fingerprint density at radius 3 is 2.28 bits per heavy atom. The number of ether oxygens (including phenoxy) is 1. The lowest BCUT2D eigenvalue weighted by Gasteiger charge is -2.20. The molecule has 29 heavy (non-hydrogen) atoms. The van der Waals surface area contributed by atoms with Gasteiger partial charge in [-0.1, -0.05) is 101 Å². The second kappa shape index (κ2) is 13.5.